The lowest BCUT2D eigenvalue weighted by atomic mass is 10.4. The molecule has 0 aromatic heterocycles. The Hall–Kier alpha value is -0.520. The van der Waals surface area contributed by atoms with E-state index in [2.05, 4.69) is 41.6 Å². The molecule has 2 rings (SSSR count). The van der Waals surface area contributed by atoms with Crippen LogP contribution in [0.5, 0.6) is 0 Å². The van der Waals surface area contributed by atoms with Crippen molar-refractivity contribution in [3.63, 3.8) is 0 Å². The first-order valence-electron chi connectivity index (χ1n) is 3.95. The van der Waals surface area contributed by atoms with Gasteiger partial charge in [0.25, 0.3) is 0 Å². The molecule has 1 unspecified atom stereocenters. The Labute approximate surface area is 67.8 Å². The van der Waals surface area contributed by atoms with Gasteiger partial charge in [-0.2, -0.15) is 0 Å². The van der Waals surface area contributed by atoms with Gasteiger partial charge in [0, 0.05) is 6.54 Å². The van der Waals surface area contributed by atoms with E-state index in [0.717, 1.165) is 0 Å². The normalized spacial score (nSPS) is 23.1. The van der Waals surface area contributed by atoms with Crippen molar-refractivity contribution in [1.82, 2.24) is 5.32 Å². The van der Waals surface area contributed by atoms with Crippen LogP contribution in [0.2, 0.25) is 0 Å². The Balaban J connectivity index is 2.29. The van der Waals surface area contributed by atoms with Crippen molar-refractivity contribution in [2.24, 2.45) is 0 Å². The van der Waals surface area contributed by atoms with Crippen LogP contribution in [-0.2, 0) is 0 Å². The second-order valence-electron chi connectivity index (χ2n) is 2.74. The quantitative estimate of drug-likeness (QED) is 0.609. The van der Waals surface area contributed by atoms with Crippen molar-refractivity contribution < 1.29 is 0 Å². The molecule has 0 fully saturated rings. The largest absolute Gasteiger partial charge is 0.294 e. The van der Waals surface area contributed by atoms with Crippen LogP contribution in [0.4, 0.5) is 0 Å². The van der Waals surface area contributed by atoms with Gasteiger partial charge in [0.1, 0.15) is 0 Å². The van der Waals surface area contributed by atoms with Crippen molar-refractivity contribution >= 4 is 18.8 Å². The molecule has 11 heavy (non-hydrogen) atoms. The summed E-state index contributed by atoms with van der Waals surface area (Å²) in [5.41, 5.74) is 0. The molecule has 2 heteroatoms. The van der Waals surface area contributed by atoms with E-state index < -0.39 is 0 Å². The lowest BCUT2D eigenvalue weighted by molar-refractivity contribution is 1.03. The van der Waals surface area contributed by atoms with E-state index in [0.29, 0.717) is 0 Å². The third-order valence-electron chi connectivity index (χ3n) is 1.96. The minimum absolute atomic E-state index is 0.326. The summed E-state index contributed by atoms with van der Waals surface area (Å²) in [5.74, 6) is 2.29. The number of rotatable bonds is 1. The van der Waals surface area contributed by atoms with E-state index in [1.165, 1.54) is 18.0 Å². The molecular weight excluding hydrogens is 153 g/mol. The zero-order valence-corrected chi connectivity index (χ0v) is 7.38. The summed E-state index contributed by atoms with van der Waals surface area (Å²) in [6.07, 6.45) is 1.34. The molecule has 0 aliphatic carbocycles. The molecule has 0 saturated heterocycles. The Morgan fingerprint density at radius 1 is 1.18 bits per heavy atom. The average Bonchev–Trinajstić information content (AvgIpc) is 2.58. The van der Waals surface area contributed by atoms with Gasteiger partial charge in [-0.3, -0.25) is 5.32 Å². The molecule has 0 amide bonds. The van der Waals surface area contributed by atoms with E-state index in [-0.39, 0.29) is 7.55 Å². The highest BCUT2D eigenvalue weighted by atomic mass is 31.1. The molecule has 1 aliphatic heterocycles. The third-order valence-corrected chi connectivity index (χ3v) is 4.38. The van der Waals surface area contributed by atoms with Crippen LogP contribution in [0.15, 0.2) is 30.3 Å². The van der Waals surface area contributed by atoms with Crippen LogP contribution >= 0.6 is 7.55 Å². The van der Waals surface area contributed by atoms with E-state index in [1.807, 2.05) is 0 Å². The number of hydrogen-bond donors (Lipinski definition) is 1. The van der Waals surface area contributed by atoms with Gasteiger partial charge in [0.05, 0.1) is 0 Å². The maximum atomic E-state index is 3.29. The molecule has 1 aliphatic rings. The smallest absolute Gasteiger partial charge is 0.00340 e. The molecule has 1 atom stereocenters. The van der Waals surface area contributed by atoms with Crippen molar-refractivity contribution in [1.29, 1.82) is 0 Å². The third kappa shape index (κ3) is 1.55. The fourth-order valence-corrected chi connectivity index (χ4v) is 3.38. The van der Waals surface area contributed by atoms with Gasteiger partial charge in [0.2, 0.25) is 0 Å². The maximum Gasteiger partial charge on any atom is 0.00340 e. The first kappa shape index (κ1) is 7.15. The van der Waals surface area contributed by atoms with Crippen LogP contribution in [0.25, 0.3) is 0 Å². The molecular formula is C9H12NP. The second-order valence-corrected chi connectivity index (χ2v) is 5.16. The summed E-state index contributed by atoms with van der Waals surface area (Å²) < 4.78 is 0. The fourth-order valence-electron chi connectivity index (χ4n) is 1.35. The molecule has 0 saturated carbocycles. The van der Waals surface area contributed by atoms with E-state index in [1.54, 1.807) is 0 Å². The zero-order valence-electron chi connectivity index (χ0n) is 6.38. The van der Waals surface area contributed by atoms with E-state index >= 15 is 0 Å². The van der Waals surface area contributed by atoms with Gasteiger partial charge in [-0.25, -0.2) is 0 Å². The summed E-state index contributed by atoms with van der Waals surface area (Å²) in [4.78, 5) is 0. The first-order chi connectivity index (χ1) is 5.47. The highest BCUT2D eigenvalue weighted by molar-refractivity contribution is 7.65. The highest BCUT2D eigenvalue weighted by Gasteiger charge is 2.02. The predicted octanol–water partition coefficient (Wildman–Crippen LogP) is 0.889. The average molecular weight is 165 g/mol. The Morgan fingerprint density at radius 3 is 2.64 bits per heavy atom. The molecule has 1 N–H and O–H groups in total. The van der Waals surface area contributed by atoms with Crippen LogP contribution in [-0.4, -0.2) is 18.6 Å². The van der Waals surface area contributed by atoms with Crippen molar-refractivity contribution in [3.05, 3.63) is 30.3 Å². The van der Waals surface area contributed by atoms with E-state index in [9.17, 15) is 0 Å². The maximum absolute atomic E-state index is 3.29. The summed E-state index contributed by atoms with van der Waals surface area (Å²) in [6, 6.07) is 10.8. The molecule has 58 valence electrons. The summed E-state index contributed by atoms with van der Waals surface area (Å²) in [5, 5.41) is 4.82. The fraction of sp³-hybridized carbons (Fsp3) is 0.222. The molecule has 0 spiro atoms. The van der Waals surface area contributed by atoms with Crippen molar-refractivity contribution in [3.8, 4) is 0 Å². The second kappa shape index (κ2) is 3.25. The first-order valence-corrected chi connectivity index (χ1v) is 5.73. The van der Waals surface area contributed by atoms with Gasteiger partial charge in [-0.1, -0.05) is 37.9 Å². The van der Waals surface area contributed by atoms with E-state index in [4.69, 9.17) is 0 Å². The monoisotopic (exact) mass is 165 g/mol. The molecule has 1 aromatic rings. The Kier molecular flexibility index (Phi) is 2.11. The Morgan fingerprint density at radius 2 is 2.00 bits per heavy atom. The molecule has 1 aromatic carbocycles. The topological polar surface area (TPSA) is 12.0 Å². The minimum atomic E-state index is -0.326. The Bertz CT molecular complexity index is 266. The number of hydrogen-bond acceptors (Lipinski definition) is 1. The molecule has 0 bridgehead atoms. The van der Waals surface area contributed by atoms with Gasteiger partial charge in [-0.05, 0) is 17.4 Å². The standard InChI is InChI=1S/C9H12NP/c1-2-4-9(5-3-1)11-7-6-10-8-11/h1-5,8,10-11H,6-7H2. The van der Waals surface area contributed by atoms with Gasteiger partial charge < -0.3 is 0 Å². The summed E-state index contributed by atoms with van der Waals surface area (Å²) in [6.45, 7) is 1.17. The van der Waals surface area contributed by atoms with Crippen molar-refractivity contribution in [2.45, 2.75) is 0 Å². The van der Waals surface area contributed by atoms with Gasteiger partial charge in [-0.15, -0.1) is 0 Å². The summed E-state index contributed by atoms with van der Waals surface area (Å²) in [7, 11) is -0.326. The lowest BCUT2D eigenvalue weighted by Crippen LogP contribution is -2.05. The molecule has 1 nitrogen and oxygen atoms in total. The lowest BCUT2D eigenvalue weighted by Gasteiger charge is -1.99. The number of benzene rings is 1. The molecule has 1 heterocycles. The minimum Gasteiger partial charge on any atom is -0.294 e. The SMILES string of the molecule is C1=[PH](c2ccccc2)CCN1. The number of nitrogens with one attached hydrogen (secondary N) is 1. The van der Waals surface area contributed by atoms with Crippen LogP contribution < -0.4 is 10.6 Å². The van der Waals surface area contributed by atoms with Crippen molar-refractivity contribution in [2.75, 3.05) is 12.7 Å². The molecule has 0 radical (unpaired) electrons. The zero-order chi connectivity index (χ0) is 7.52. The van der Waals surface area contributed by atoms with Crippen LogP contribution in [0.3, 0.4) is 0 Å². The summed E-state index contributed by atoms with van der Waals surface area (Å²) >= 11 is 0. The van der Waals surface area contributed by atoms with Crippen LogP contribution in [0.1, 0.15) is 0 Å². The van der Waals surface area contributed by atoms with Gasteiger partial charge >= 0.3 is 0 Å². The predicted molar refractivity (Wildman–Crippen MR) is 53.3 cm³/mol. The highest BCUT2D eigenvalue weighted by Crippen LogP contribution is 2.21. The van der Waals surface area contributed by atoms with Crippen LogP contribution in [0, 0.1) is 0 Å². The van der Waals surface area contributed by atoms with Gasteiger partial charge in [0.15, 0.2) is 0 Å².